The molecule has 2 aromatic rings. The van der Waals surface area contributed by atoms with E-state index in [0.717, 1.165) is 53.2 Å². The first-order valence-electron chi connectivity index (χ1n) is 10.9. The van der Waals surface area contributed by atoms with Gasteiger partial charge in [-0.1, -0.05) is 6.07 Å². The summed E-state index contributed by atoms with van der Waals surface area (Å²) in [6, 6.07) is 6.92. The van der Waals surface area contributed by atoms with Gasteiger partial charge in [-0.25, -0.2) is 9.59 Å². The van der Waals surface area contributed by atoms with Crippen LogP contribution in [0.5, 0.6) is 0 Å². The fraction of sp³-hybridized carbons (Fsp3) is 0.333. The summed E-state index contributed by atoms with van der Waals surface area (Å²) in [7, 11) is 0. The number of aryl methyl sites for hydroxylation is 1. The SMILES string of the molecule is CCOC(=O)c1c(NC(=O)C(C)Sc2cccc(NC(=O)/C=C/C(=O)O)c2)sc2c1CCCC2. The van der Waals surface area contributed by atoms with Gasteiger partial charge < -0.3 is 20.5 Å². The summed E-state index contributed by atoms with van der Waals surface area (Å²) >= 11 is 2.75. The summed E-state index contributed by atoms with van der Waals surface area (Å²) < 4.78 is 5.25. The van der Waals surface area contributed by atoms with Crippen molar-refractivity contribution in [3.63, 3.8) is 0 Å². The number of hydrogen-bond acceptors (Lipinski definition) is 7. The summed E-state index contributed by atoms with van der Waals surface area (Å²) in [5.74, 6) is -2.42. The molecule has 1 unspecified atom stereocenters. The van der Waals surface area contributed by atoms with E-state index >= 15 is 0 Å². The van der Waals surface area contributed by atoms with E-state index in [-0.39, 0.29) is 12.5 Å². The van der Waals surface area contributed by atoms with E-state index in [1.165, 1.54) is 23.1 Å². The van der Waals surface area contributed by atoms with Crippen LogP contribution in [0.3, 0.4) is 0 Å². The average molecular weight is 503 g/mol. The van der Waals surface area contributed by atoms with Gasteiger partial charge >= 0.3 is 11.9 Å². The van der Waals surface area contributed by atoms with E-state index in [4.69, 9.17) is 9.84 Å². The number of hydrogen-bond donors (Lipinski definition) is 3. The minimum absolute atomic E-state index is 0.243. The number of anilines is 2. The Morgan fingerprint density at radius 3 is 2.68 bits per heavy atom. The van der Waals surface area contributed by atoms with Gasteiger partial charge in [0.2, 0.25) is 11.8 Å². The van der Waals surface area contributed by atoms with Crippen LogP contribution in [0.25, 0.3) is 0 Å². The van der Waals surface area contributed by atoms with Gasteiger partial charge in [0.05, 0.1) is 17.4 Å². The third kappa shape index (κ3) is 6.71. The van der Waals surface area contributed by atoms with Crippen molar-refractivity contribution in [3.05, 3.63) is 52.4 Å². The molecular formula is C24H26N2O6S2. The number of nitrogens with one attached hydrogen (secondary N) is 2. The zero-order valence-corrected chi connectivity index (χ0v) is 20.5. The highest BCUT2D eigenvalue weighted by Crippen LogP contribution is 2.39. The van der Waals surface area contributed by atoms with Crippen LogP contribution in [0.15, 0.2) is 41.3 Å². The number of aliphatic carboxylic acids is 1. The first-order valence-corrected chi connectivity index (χ1v) is 12.6. The molecule has 1 aromatic heterocycles. The van der Waals surface area contributed by atoms with Gasteiger partial charge in [-0.05, 0) is 63.3 Å². The Hall–Kier alpha value is -3.11. The molecule has 2 amide bonds. The van der Waals surface area contributed by atoms with Crippen LogP contribution in [0.2, 0.25) is 0 Å². The Kier molecular flexibility index (Phi) is 8.89. The molecule has 1 aliphatic carbocycles. The van der Waals surface area contributed by atoms with E-state index < -0.39 is 23.1 Å². The highest BCUT2D eigenvalue weighted by atomic mass is 32.2. The molecule has 1 aliphatic rings. The maximum absolute atomic E-state index is 13.0. The third-order valence-electron chi connectivity index (χ3n) is 5.05. The van der Waals surface area contributed by atoms with Crippen molar-refractivity contribution in [1.82, 2.24) is 0 Å². The predicted molar refractivity (Wildman–Crippen MR) is 133 cm³/mol. The van der Waals surface area contributed by atoms with Gasteiger partial charge in [-0.2, -0.15) is 0 Å². The number of carboxylic acids is 1. The van der Waals surface area contributed by atoms with E-state index in [1.54, 1.807) is 32.0 Å². The number of thiophene rings is 1. The van der Waals surface area contributed by atoms with E-state index in [0.29, 0.717) is 16.3 Å². The molecule has 0 bridgehead atoms. The molecule has 0 aliphatic heterocycles. The largest absolute Gasteiger partial charge is 0.478 e. The maximum Gasteiger partial charge on any atom is 0.341 e. The van der Waals surface area contributed by atoms with E-state index in [1.807, 2.05) is 6.07 Å². The quantitative estimate of drug-likeness (QED) is 0.262. The van der Waals surface area contributed by atoms with Crippen LogP contribution >= 0.6 is 23.1 Å². The number of ether oxygens (including phenoxy) is 1. The van der Waals surface area contributed by atoms with Crippen molar-refractivity contribution in [2.24, 2.45) is 0 Å². The predicted octanol–water partition coefficient (Wildman–Crippen LogP) is 4.50. The number of carboxylic acid groups (broad SMARTS) is 1. The molecule has 10 heteroatoms. The molecule has 1 atom stereocenters. The van der Waals surface area contributed by atoms with Gasteiger partial charge in [0.15, 0.2) is 0 Å². The van der Waals surface area contributed by atoms with Crippen LogP contribution in [-0.4, -0.2) is 40.7 Å². The van der Waals surface area contributed by atoms with Crippen molar-refractivity contribution < 1.29 is 29.0 Å². The molecule has 1 aromatic carbocycles. The topological polar surface area (TPSA) is 122 Å². The molecule has 34 heavy (non-hydrogen) atoms. The highest BCUT2D eigenvalue weighted by molar-refractivity contribution is 8.00. The molecule has 0 saturated carbocycles. The molecule has 0 radical (unpaired) electrons. The molecule has 8 nitrogen and oxygen atoms in total. The van der Waals surface area contributed by atoms with Gasteiger partial charge in [0.1, 0.15) is 5.00 Å². The van der Waals surface area contributed by atoms with Crippen molar-refractivity contribution in [2.75, 3.05) is 17.2 Å². The molecule has 3 N–H and O–H groups in total. The minimum atomic E-state index is -1.21. The average Bonchev–Trinajstić information content (AvgIpc) is 3.16. The second kappa shape index (κ2) is 11.8. The van der Waals surface area contributed by atoms with Crippen molar-refractivity contribution in [3.8, 4) is 0 Å². The molecule has 180 valence electrons. The number of thioether (sulfide) groups is 1. The molecule has 0 spiro atoms. The van der Waals surface area contributed by atoms with Gasteiger partial charge in [-0.3, -0.25) is 9.59 Å². The smallest absolute Gasteiger partial charge is 0.341 e. The first-order chi connectivity index (χ1) is 16.3. The van der Waals surface area contributed by atoms with Gasteiger partial charge in [-0.15, -0.1) is 23.1 Å². The molecule has 0 fully saturated rings. The zero-order chi connectivity index (χ0) is 24.7. The van der Waals surface area contributed by atoms with Crippen LogP contribution < -0.4 is 10.6 Å². The maximum atomic E-state index is 13.0. The van der Waals surface area contributed by atoms with Crippen molar-refractivity contribution in [2.45, 2.75) is 49.7 Å². The van der Waals surface area contributed by atoms with Crippen molar-refractivity contribution >= 4 is 57.5 Å². The fourth-order valence-corrected chi connectivity index (χ4v) is 5.73. The lowest BCUT2D eigenvalue weighted by Gasteiger charge is -2.14. The lowest BCUT2D eigenvalue weighted by atomic mass is 9.95. The molecule has 0 saturated heterocycles. The third-order valence-corrected chi connectivity index (χ3v) is 7.35. The molecule has 1 heterocycles. The molecule has 3 rings (SSSR count). The Balaban J connectivity index is 1.69. The van der Waals surface area contributed by atoms with Crippen LogP contribution in [0.1, 0.15) is 47.5 Å². The minimum Gasteiger partial charge on any atom is -0.478 e. The van der Waals surface area contributed by atoms with Crippen LogP contribution in [0, 0.1) is 0 Å². The summed E-state index contributed by atoms with van der Waals surface area (Å²) in [6.45, 7) is 3.78. The fourth-order valence-electron chi connectivity index (χ4n) is 3.52. The summed E-state index contributed by atoms with van der Waals surface area (Å²) in [5, 5.41) is 14.2. The first kappa shape index (κ1) is 25.5. The highest BCUT2D eigenvalue weighted by Gasteiger charge is 2.28. The number of benzene rings is 1. The van der Waals surface area contributed by atoms with Gasteiger partial charge in [0, 0.05) is 27.6 Å². The Morgan fingerprint density at radius 1 is 1.18 bits per heavy atom. The monoisotopic (exact) mass is 502 g/mol. The molecular weight excluding hydrogens is 476 g/mol. The normalized spacial score (nSPS) is 13.7. The lowest BCUT2D eigenvalue weighted by Crippen LogP contribution is -2.23. The summed E-state index contributed by atoms with van der Waals surface area (Å²) in [4.78, 5) is 49.8. The van der Waals surface area contributed by atoms with E-state index in [9.17, 15) is 19.2 Å². The number of rotatable bonds is 9. The Bertz CT molecular complexity index is 1120. The summed E-state index contributed by atoms with van der Waals surface area (Å²) in [6.07, 6.45) is 5.46. The Morgan fingerprint density at radius 2 is 1.94 bits per heavy atom. The number of carbonyl (C=O) groups is 4. The van der Waals surface area contributed by atoms with Crippen LogP contribution in [-0.2, 0) is 32.0 Å². The summed E-state index contributed by atoms with van der Waals surface area (Å²) in [5.41, 5.74) is 1.95. The standard InChI is InChI=1S/C24H26N2O6S2/c1-3-32-24(31)21-17-9-4-5-10-18(17)34-23(21)26-22(30)14(2)33-16-8-6-7-15(13-16)25-19(27)11-12-20(28)29/h6-8,11-14H,3-5,9-10H2,1-2H3,(H,25,27)(H,26,30)(H,28,29)/b12-11+. The van der Waals surface area contributed by atoms with Gasteiger partial charge in [0.25, 0.3) is 0 Å². The number of esters is 1. The number of fused-ring (bicyclic) bond motifs is 1. The van der Waals surface area contributed by atoms with Crippen LogP contribution in [0.4, 0.5) is 10.7 Å². The second-order valence-corrected chi connectivity index (χ2v) is 10.1. The van der Waals surface area contributed by atoms with Crippen molar-refractivity contribution in [1.29, 1.82) is 0 Å². The second-order valence-electron chi connectivity index (χ2n) is 7.57. The lowest BCUT2D eigenvalue weighted by molar-refractivity contribution is -0.131. The van der Waals surface area contributed by atoms with E-state index in [2.05, 4.69) is 10.6 Å². The Labute approximate surface area is 205 Å². The number of carbonyl (C=O) groups excluding carboxylic acids is 3. The number of amides is 2. The zero-order valence-electron chi connectivity index (χ0n) is 18.9.